The Hall–Kier alpha value is -3.64. The number of aromatic nitrogens is 1. The molecular formula is C23H24FN5O3. The number of nitrogens with zero attached hydrogens (tertiary/aromatic N) is 4. The van der Waals surface area contributed by atoms with Crippen LogP contribution in [0.15, 0.2) is 51.5 Å². The van der Waals surface area contributed by atoms with Gasteiger partial charge in [-0.05, 0) is 43.2 Å². The predicted octanol–water partition coefficient (Wildman–Crippen LogP) is 2.81. The summed E-state index contributed by atoms with van der Waals surface area (Å²) in [6.07, 6.45) is 2.17. The van der Waals surface area contributed by atoms with Gasteiger partial charge in [0.2, 0.25) is 17.5 Å². The first kappa shape index (κ1) is 21.6. The molecule has 4 rings (SSSR count). The molecule has 1 N–H and O–H groups in total. The van der Waals surface area contributed by atoms with Crippen molar-refractivity contribution < 1.29 is 18.0 Å². The van der Waals surface area contributed by atoms with Crippen LogP contribution in [-0.2, 0) is 11.2 Å². The van der Waals surface area contributed by atoms with E-state index in [0.717, 1.165) is 5.56 Å². The highest BCUT2D eigenvalue weighted by molar-refractivity contribution is 5.81. The molecule has 1 aromatic carbocycles. The minimum absolute atomic E-state index is 0.0435. The van der Waals surface area contributed by atoms with Gasteiger partial charge in [0.25, 0.3) is 5.89 Å². The molecule has 0 bridgehead atoms. The zero-order valence-corrected chi connectivity index (χ0v) is 17.8. The fourth-order valence-electron chi connectivity index (χ4n) is 3.71. The van der Waals surface area contributed by atoms with Crippen LogP contribution in [0.5, 0.6) is 0 Å². The Morgan fingerprint density at radius 1 is 1.25 bits per heavy atom. The van der Waals surface area contributed by atoms with Crippen molar-refractivity contribution in [2.24, 2.45) is 0 Å². The first-order valence-corrected chi connectivity index (χ1v) is 10.5. The molecule has 3 heterocycles. The van der Waals surface area contributed by atoms with E-state index in [9.17, 15) is 14.4 Å². The largest absolute Gasteiger partial charge is 0.459 e. The summed E-state index contributed by atoms with van der Waals surface area (Å²) < 4.78 is 24.1. The lowest BCUT2D eigenvalue weighted by Gasteiger charge is -2.37. The zero-order chi connectivity index (χ0) is 22.5. The number of hydrogen-bond acceptors (Lipinski definition) is 7. The van der Waals surface area contributed by atoms with Gasteiger partial charge in [-0.3, -0.25) is 9.69 Å². The second kappa shape index (κ2) is 9.66. The van der Waals surface area contributed by atoms with Gasteiger partial charge in [-0.25, -0.2) is 4.39 Å². The molecular weight excluding hydrogens is 413 g/mol. The molecule has 0 spiro atoms. The number of carbonyl (C=O) groups excluding carboxylic acids is 1. The van der Waals surface area contributed by atoms with Gasteiger partial charge in [-0.15, -0.1) is 0 Å². The van der Waals surface area contributed by atoms with Crippen LogP contribution >= 0.6 is 0 Å². The van der Waals surface area contributed by atoms with E-state index in [0.29, 0.717) is 50.8 Å². The van der Waals surface area contributed by atoms with E-state index in [1.807, 2.05) is 11.8 Å². The van der Waals surface area contributed by atoms with Gasteiger partial charge in [0.15, 0.2) is 5.76 Å². The van der Waals surface area contributed by atoms with E-state index < -0.39 is 0 Å². The predicted molar refractivity (Wildman–Crippen MR) is 115 cm³/mol. The minimum Gasteiger partial charge on any atom is -0.459 e. The van der Waals surface area contributed by atoms with Gasteiger partial charge in [-0.2, -0.15) is 10.2 Å². The van der Waals surface area contributed by atoms with Gasteiger partial charge in [-0.1, -0.05) is 12.1 Å². The van der Waals surface area contributed by atoms with Gasteiger partial charge < -0.3 is 19.1 Å². The number of piperazine rings is 1. The Morgan fingerprint density at radius 2 is 2.00 bits per heavy atom. The van der Waals surface area contributed by atoms with E-state index in [1.165, 1.54) is 18.4 Å². The molecule has 1 aliphatic rings. The number of rotatable bonds is 7. The molecule has 0 unspecified atom stereocenters. The molecule has 2 aromatic heterocycles. The lowest BCUT2D eigenvalue weighted by molar-refractivity contribution is -0.126. The SMILES string of the molecule is C[C@@H](C(=O)NCCc1ccc(F)cc1)N1CCN(c2oc(-c3ccco3)nc2C#N)CC1. The average molecular weight is 437 g/mol. The van der Waals surface area contributed by atoms with Crippen LogP contribution in [0.4, 0.5) is 10.3 Å². The average Bonchev–Trinajstić information content (AvgIpc) is 3.50. The Kier molecular flexibility index (Phi) is 6.52. The molecule has 0 radical (unpaired) electrons. The molecule has 1 aliphatic heterocycles. The van der Waals surface area contributed by atoms with Gasteiger partial charge >= 0.3 is 0 Å². The Balaban J connectivity index is 1.29. The maximum Gasteiger partial charge on any atom is 0.266 e. The number of furan rings is 1. The van der Waals surface area contributed by atoms with Crippen molar-refractivity contribution in [2.75, 3.05) is 37.6 Å². The quantitative estimate of drug-likeness (QED) is 0.607. The van der Waals surface area contributed by atoms with E-state index in [2.05, 4.69) is 21.3 Å². The molecule has 8 nitrogen and oxygen atoms in total. The van der Waals surface area contributed by atoms with Crippen molar-refractivity contribution in [3.63, 3.8) is 0 Å². The van der Waals surface area contributed by atoms with Crippen molar-refractivity contribution >= 4 is 11.8 Å². The second-order valence-electron chi connectivity index (χ2n) is 7.63. The normalized spacial score (nSPS) is 15.3. The van der Waals surface area contributed by atoms with Gasteiger partial charge in [0.1, 0.15) is 11.9 Å². The fourth-order valence-corrected chi connectivity index (χ4v) is 3.71. The molecule has 32 heavy (non-hydrogen) atoms. The van der Waals surface area contributed by atoms with E-state index in [4.69, 9.17) is 8.83 Å². The number of anilines is 1. The van der Waals surface area contributed by atoms with Crippen LogP contribution < -0.4 is 10.2 Å². The van der Waals surface area contributed by atoms with Crippen molar-refractivity contribution in [1.29, 1.82) is 5.26 Å². The summed E-state index contributed by atoms with van der Waals surface area (Å²) in [5.41, 5.74) is 1.19. The van der Waals surface area contributed by atoms with Crippen LogP contribution in [0.3, 0.4) is 0 Å². The van der Waals surface area contributed by atoms with Crippen molar-refractivity contribution in [3.05, 3.63) is 59.7 Å². The molecule has 0 aliphatic carbocycles. The van der Waals surface area contributed by atoms with Crippen LogP contribution in [0, 0.1) is 17.1 Å². The summed E-state index contributed by atoms with van der Waals surface area (Å²) in [4.78, 5) is 20.9. The van der Waals surface area contributed by atoms with Crippen LogP contribution in [0.2, 0.25) is 0 Å². The monoisotopic (exact) mass is 437 g/mol. The summed E-state index contributed by atoms with van der Waals surface area (Å²) in [5.74, 6) is 0.859. The van der Waals surface area contributed by atoms with E-state index in [1.54, 1.807) is 24.3 Å². The van der Waals surface area contributed by atoms with Crippen molar-refractivity contribution in [1.82, 2.24) is 15.2 Å². The standard InChI is InChI=1S/C23H24FN5O3/c1-16(21(30)26-9-8-17-4-6-18(24)7-5-17)28-10-12-29(13-11-28)23-19(15-25)27-22(32-23)20-3-2-14-31-20/h2-7,14,16H,8-13H2,1H3,(H,26,30)/t16-/m0/s1. The smallest absolute Gasteiger partial charge is 0.266 e. The Bertz CT molecular complexity index is 1080. The lowest BCUT2D eigenvalue weighted by atomic mass is 10.1. The molecule has 0 saturated carbocycles. The molecule has 3 aromatic rings. The zero-order valence-electron chi connectivity index (χ0n) is 17.8. The van der Waals surface area contributed by atoms with Gasteiger partial charge in [0, 0.05) is 32.7 Å². The number of carbonyl (C=O) groups is 1. The van der Waals surface area contributed by atoms with Crippen LogP contribution in [0.25, 0.3) is 11.7 Å². The number of amides is 1. The van der Waals surface area contributed by atoms with Gasteiger partial charge in [0.05, 0.1) is 12.3 Å². The molecule has 9 heteroatoms. The molecule has 1 atom stereocenters. The maximum absolute atomic E-state index is 13.0. The Morgan fingerprint density at radius 3 is 2.66 bits per heavy atom. The first-order chi connectivity index (χ1) is 15.5. The van der Waals surface area contributed by atoms with E-state index in [-0.39, 0.29) is 29.4 Å². The van der Waals surface area contributed by atoms with E-state index >= 15 is 0 Å². The summed E-state index contributed by atoms with van der Waals surface area (Å²) in [7, 11) is 0. The second-order valence-corrected chi connectivity index (χ2v) is 7.63. The third-order valence-corrected chi connectivity index (χ3v) is 5.60. The third-order valence-electron chi connectivity index (χ3n) is 5.60. The highest BCUT2D eigenvalue weighted by atomic mass is 19.1. The van der Waals surface area contributed by atoms with Crippen molar-refractivity contribution in [2.45, 2.75) is 19.4 Å². The molecule has 1 amide bonds. The maximum atomic E-state index is 13.0. The number of benzene rings is 1. The molecule has 166 valence electrons. The van der Waals surface area contributed by atoms with Crippen LogP contribution in [-0.4, -0.2) is 54.6 Å². The Labute approximate surface area is 185 Å². The number of nitrogens with one attached hydrogen (secondary N) is 1. The number of oxazole rings is 1. The fraction of sp³-hybridized carbons (Fsp3) is 0.348. The van der Waals surface area contributed by atoms with Crippen LogP contribution in [0.1, 0.15) is 18.2 Å². The summed E-state index contributed by atoms with van der Waals surface area (Å²) in [6.45, 7) is 4.88. The summed E-state index contributed by atoms with van der Waals surface area (Å²) >= 11 is 0. The highest BCUT2D eigenvalue weighted by Crippen LogP contribution is 2.29. The number of nitriles is 1. The summed E-state index contributed by atoms with van der Waals surface area (Å²) in [6, 6.07) is 11.5. The topological polar surface area (TPSA) is 98.5 Å². The third kappa shape index (κ3) is 4.81. The number of halogens is 1. The first-order valence-electron chi connectivity index (χ1n) is 10.5. The highest BCUT2D eigenvalue weighted by Gasteiger charge is 2.29. The lowest BCUT2D eigenvalue weighted by Crippen LogP contribution is -2.54. The summed E-state index contributed by atoms with van der Waals surface area (Å²) in [5, 5.41) is 12.4. The minimum atomic E-state index is -0.283. The van der Waals surface area contributed by atoms with Crippen molar-refractivity contribution in [3.8, 4) is 17.7 Å². The molecule has 1 fully saturated rings. The molecule has 1 saturated heterocycles. The number of hydrogen-bond donors (Lipinski definition) is 1.